The maximum Gasteiger partial charge on any atom is 0.0377 e. The molecule has 1 aromatic carbocycles. The highest BCUT2D eigenvalue weighted by molar-refractivity contribution is 9.10. The lowest BCUT2D eigenvalue weighted by Crippen LogP contribution is -2.25. The Bertz CT molecular complexity index is 387. The summed E-state index contributed by atoms with van der Waals surface area (Å²) < 4.78 is 1.19. The summed E-state index contributed by atoms with van der Waals surface area (Å²) in [4.78, 5) is 2.49. The van der Waals surface area contributed by atoms with Crippen molar-refractivity contribution in [1.29, 1.82) is 0 Å². The molecule has 1 fully saturated rings. The first kappa shape index (κ1) is 14.2. The van der Waals surface area contributed by atoms with Crippen LogP contribution >= 0.6 is 27.7 Å². The first-order valence-corrected chi connectivity index (χ1v) is 8.48. The molecule has 0 radical (unpaired) electrons. The van der Waals surface area contributed by atoms with E-state index in [0.717, 1.165) is 13.0 Å². The van der Waals surface area contributed by atoms with Crippen LogP contribution in [0.5, 0.6) is 0 Å². The van der Waals surface area contributed by atoms with Crippen molar-refractivity contribution >= 4 is 33.4 Å². The third kappa shape index (κ3) is 3.90. The molecule has 0 spiro atoms. The van der Waals surface area contributed by atoms with Crippen LogP contribution in [-0.4, -0.2) is 30.6 Å². The van der Waals surface area contributed by atoms with Crippen molar-refractivity contribution in [3.05, 3.63) is 28.2 Å². The van der Waals surface area contributed by atoms with Gasteiger partial charge in [-0.05, 0) is 43.2 Å². The Morgan fingerprint density at radius 2 is 2.22 bits per heavy atom. The van der Waals surface area contributed by atoms with Gasteiger partial charge in [-0.15, -0.1) is 0 Å². The second-order valence-electron chi connectivity index (χ2n) is 4.91. The van der Waals surface area contributed by atoms with E-state index in [1.165, 1.54) is 40.2 Å². The normalized spacial score (nSPS) is 18.5. The van der Waals surface area contributed by atoms with Gasteiger partial charge in [0.15, 0.2) is 0 Å². The van der Waals surface area contributed by atoms with Crippen LogP contribution in [0.25, 0.3) is 0 Å². The molecule has 1 heterocycles. The predicted molar refractivity (Wildman–Crippen MR) is 85.7 cm³/mol. The zero-order chi connectivity index (χ0) is 13.0. The summed E-state index contributed by atoms with van der Waals surface area (Å²) in [6, 6.07) is 6.90. The van der Waals surface area contributed by atoms with Crippen molar-refractivity contribution in [2.75, 3.05) is 29.5 Å². The van der Waals surface area contributed by atoms with E-state index >= 15 is 0 Å². The number of nitrogens with two attached hydrogens (primary N) is 1. The van der Waals surface area contributed by atoms with Crippen LogP contribution in [0.4, 0.5) is 5.69 Å². The number of rotatable bonds is 3. The number of thioether (sulfide) groups is 1. The molecule has 1 aromatic rings. The monoisotopic (exact) mass is 328 g/mol. The van der Waals surface area contributed by atoms with E-state index in [1.807, 2.05) is 6.92 Å². The number of benzene rings is 1. The summed E-state index contributed by atoms with van der Waals surface area (Å²) in [5, 5.41) is 0. The molecule has 0 bridgehead atoms. The molecule has 1 aliphatic rings. The Labute approximate surface area is 122 Å². The maximum atomic E-state index is 5.86. The molecule has 1 unspecified atom stereocenters. The highest BCUT2D eigenvalue weighted by Gasteiger charge is 2.12. The van der Waals surface area contributed by atoms with Gasteiger partial charge < -0.3 is 10.6 Å². The highest BCUT2D eigenvalue weighted by Crippen LogP contribution is 2.26. The van der Waals surface area contributed by atoms with Crippen LogP contribution in [0.15, 0.2) is 22.7 Å². The number of anilines is 1. The highest BCUT2D eigenvalue weighted by atomic mass is 79.9. The first-order valence-electron chi connectivity index (χ1n) is 6.53. The van der Waals surface area contributed by atoms with Gasteiger partial charge in [0, 0.05) is 35.0 Å². The maximum absolute atomic E-state index is 5.86. The molecule has 100 valence electrons. The molecule has 2 rings (SSSR count). The minimum absolute atomic E-state index is 0.210. The third-order valence-electron chi connectivity index (χ3n) is 3.17. The van der Waals surface area contributed by atoms with Crippen molar-refractivity contribution in [3.63, 3.8) is 0 Å². The zero-order valence-electron chi connectivity index (χ0n) is 10.9. The summed E-state index contributed by atoms with van der Waals surface area (Å²) in [5.74, 6) is 2.53. The lowest BCUT2D eigenvalue weighted by atomic mass is 10.1. The largest absolute Gasteiger partial charge is 0.371 e. The SMILES string of the molecule is CC(N)Cc1ccc(N2CCCSCC2)cc1Br. The Morgan fingerprint density at radius 3 is 2.94 bits per heavy atom. The fourth-order valence-electron chi connectivity index (χ4n) is 2.25. The van der Waals surface area contributed by atoms with Crippen molar-refractivity contribution in [1.82, 2.24) is 0 Å². The molecule has 1 aliphatic heterocycles. The van der Waals surface area contributed by atoms with Crippen molar-refractivity contribution in [2.45, 2.75) is 25.8 Å². The topological polar surface area (TPSA) is 29.3 Å². The molecular weight excluding hydrogens is 308 g/mol. The van der Waals surface area contributed by atoms with E-state index in [4.69, 9.17) is 5.73 Å². The smallest absolute Gasteiger partial charge is 0.0377 e. The molecule has 0 saturated carbocycles. The summed E-state index contributed by atoms with van der Waals surface area (Å²) in [7, 11) is 0. The summed E-state index contributed by atoms with van der Waals surface area (Å²) >= 11 is 5.73. The summed E-state index contributed by atoms with van der Waals surface area (Å²) in [6.07, 6.45) is 2.21. The Balaban J connectivity index is 2.11. The van der Waals surface area contributed by atoms with E-state index in [0.29, 0.717) is 0 Å². The minimum atomic E-state index is 0.210. The fraction of sp³-hybridized carbons (Fsp3) is 0.571. The van der Waals surface area contributed by atoms with Gasteiger partial charge in [0.05, 0.1) is 0 Å². The standard InChI is InChI=1S/C14H21BrN2S/c1-11(16)9-12-3-4-13(10-14(12)15)17-5-2-7-18-8-6-17/h3-4,10-11H,2,5-9,16H2,1H3. The molecule has 1 atom stereocenters. The first-order chi connectivity index (χ1) is 8.66. The molecule has 2 nitrogen and oxygen atoms in total. The molecule has 1 saturated heterocycles. The Kier molecular flexibility index (Phi) is 5.39. The Morgan fingerprint density at radius 1 is 1.39 bits per heavy atom. The van der Waals surface area contributed by atoms with Crippen LogP contribution in [0.1, 0.15) is 18.9 Å². The third-order valence-corrected chi connectivity index (χ3v) is 4.95. The van der Waals surface area contributed by atoms with Gasteiger partial charge in [-0.1, -0.05) is 22.0 Å². The Hall–Kier alpha value is -0.190. The number of nitrogens with zero attached hydrogens (tertiary/aromatic N) is 1. The molecular formula is C14H21BrN2S. The number of halogens is 1. The van der Waals surface area contributed by atoms with Crippen molar-refractivity contribution in [3.8, 4) is 0 Å². The van der Waals surface area contributed by atoms with Gasteiger partial charge >= 0.3 is 0 Å². The zero-order valence-corrected chi connectivity index (χ0v) is 13.3. The lowest BCUT2D eigenvalue weighted by Gasteiger charge is -2.23. The second-order valence-corrected chi connectivity index (χ2v) is 6.99. The van der Waals surface area contributed by atoms with Crippen LogP contribution in [0.3, 0.4) is 0 Å². The number of hydrogen-bond donors (Lipinski definition) is 1. The van der Waals surface area contributed by atoms with E-state index in [2.05, 4.69) is 50.8 Å². The van der Waals surface area contributed by atoms with Gasteiger partial charge in [0.1, 0.15) is 0 Å². The molecule has 0 aliphatic carbocycles. The average molecular weight is 329 g/mol. The molecule has 0 amide bonds. The molecule has 0 aromatic heterocycles. The van der Waals surface area contributed by atoms with Gasteiger partial charge in [0.2, 0.25) is 0 Å². The van der Waals surface area contributed by atoms with Crippen LogP contribution in [0.2, 0.25) is 0 Å². The minimum Gasteiger partial charge on any atom is -0.371 e. The van der Waals surface area contributed by atoms with E-state index < -0.39 is 0 Å². The van der Waals surface area contributed by atoms with E-state index in [1.54, 1.807) is 0 Å². The number of hydrogen-bond acceptors (Lipinski definition) is 3. The lowest BCUT2D eigenvalue weighted by molar-refractivity contribution is 0.735. The van der Waals surface area contributed by atoms with Crippen LogP contribution < -0.4 is 10.6 Å². The van der Waals surface area contributed by atoms with Crippen molar-refractivity contribution < 1.29 is 0 Å². The van der Waals surface area contributed by atoms with E-state index in [-0.39, 0.29) is 6.04 Å². The molecule has 4 heteroatoms. The average Bonchev–Trinajstić information content (AvgIpc) is 2.60. The van der Waals surface area contributed by atoms with E-state index in [9.17, 15) is 0 Å². The quantitative estimate of drug-likeness (QED) is 0.923. The van der Waals surface area contributed by atoms with Crippen molar-refractivity contribution in [2.24, 2.45) is 5.73 Å². The fourth-order valence-corrected chi connectivity index (χ4v) is 3.67. The van der Waals surface area contributed by atoms with Gasteiger partial charge in [0.25, 0.3) is 0 Å². The van der Waals surface area contributed by atoms with Gasteiger partial charge in [-0.3, -0.25) is 0 Å². The molecule has 2 N–H and O–H groups in total. The molecule has 18 heavy (non-hydrogen) atoms. The second kappa shape index (κ2) is 6.83. The summed E-state index contributed by atoms with van der Waals surface area (Å²) in [6.45, 7) is 4.38. The van der Waals surface area contributed by atoms with Crippen LogP contribution in [0, 0.1) is 0 Å². The predicted octanol–water partition coefficient (Wildman–Crippen LogP) is 3.28. The summed E-state index contributed by atoms with van der Waals surface area (Å²) in [5.41, 5.74) is 8.50. The van der Waals surface area contributed by atoms with Gasteiger partial charge in [-0.2, -0.15) is 11.8 Å². The van der Waals surface area contributed by atoms with Gasteiger partial charge in [-0.25, -0.2) is 0 Å². The van der Waals surface area contributed by atoms with Crippen LogP contribution in [-0.2, 0) is 6.42 Å².